The molecule has 11 heteroatoms. The number of aromatic nitrogens is 1. The van der Waals surface area contributed by atoms with Crippen molar-refractivity contribution < 1.29 is 31.5 Å². The molecule has 2 aromatic carbocycles. The molecule has 0 unspecified atom stereocenters. The molecule has 3 aromatic rings. The smallest absolute Gasteiger partial charge is 0.283 e. The summed E-state index contributed by atoms with van der Waals surface area (Å²) < 4.78 is 78.0. The predicted molar refractivity (Wildman–Crippen MR) is 129 cm³/mol. The molecule has 2 N–H and O–H groups in total. The van der Waals surface area contributed by atoms with Gasteiger partial charge in [0.15, 0.2) is 12.0 Å². The molecule has 2 atom stereocenters. The Kier molecular flexibility index (Phi) is 7.12. The monoisotopic (exact) mass is 524 g/mol. The second kappa shape index (κ2) is 10.2. The lowest BCUT2D eigenvalue weighted by Crippen LogP contribution is -2.54. The van der Waals surface area contributed by atoms with Gasteiger partial charge in [-0.15, -0.1) is 0 Å². The molecular weight excluding hydrogens is 495 g/mol. The summed E-state index contributed by atoms with van der Waals surface area (Å²) in [6.07, 6.45) is 2.03. The number of rotatable bonds is 9. The quantitative estimate of drug-likeness (QED) is 0.402. The number of nitrogens with one attached hydrogen (secondary N) is 1. The first-order chi connectivity index (χ1) is 17.7. The van der Waals surface area contributed by atoms with Crippen molar-refractivity contribution in [2.24, 2.45) is 0 Å². The van der Waals surface area contributed by atoms with E-state index in [0.717, 1.165) is 0 Å². The van der Waals surface area contributed by atoms with E-state index in [9.17, 15) is 18.3 Å². The largest absolute Gasteiger partial charge is 0.443 e. The fraction of sp³-hybridized carbons (Fsp3) is 0.500. The van der Waals surface area contributed by atoms with Gasteiger partial charge in [-0.2, -0.15) is 0 Å². The highest BCUT2D eigenvalue weighted by Crippen LogP contribution is 2.43. The molecule has 6 nitrogen and oxygen atoms in total. The Labute approximate surface area is 211 Å². The standard InChI is InChI=1S/C26H29F5N4O2/c1-15-7-19-18(3-4-22-25(19)37-14-32-22)24(35(15)12-26(30,31)13-36)23-20(28)8-16(9-21(23)29)33-17-10-34(11-17)6-2-5-27/h3-4,8-9,14-15,17,24,33,36H,2,5-7,10-13H2,1H3/t15-,24+/m1/s1. The number of fused-ring (bicyclic) bond motifs is 3. The third-order valence-electron chi connectivity index (χ3n) is 7.26. The Morgan fingerprint density at radius 2 is 1.92 bits per heavy atom. The van der Waals surface area contributed by atoms with Crippen molar-refractivity contribution in [1.29, 1.82) is 0 Å². The van der Waals surface area contributed by atoms with Crippen LogP contribution >= 0.6 is 0 Å². The van der Waals surface area contributed by atoms with E-state index in [0.29, 0.717) is 54.7 Å². The number of halogens is 5. The molecule has 1 aromatic heterocycles. The van der Waals surface area contributed by atoms with Crippen LogP contribution in [0.1, 0.15) is 36.1 Å². The molecule has 0 aliphatic carbocycles. The molecule has 200 valence electrons. The van der Waals surface area contributed by atoms with E-state index in [2.05, 4.69) is 10.3 Å². The first-order valence-electron chi connectivity index (χ1n) is 12.3. The van der Waals surface area contributed by atoms with Gasteiger partial charge in [-0.25, -0.2) is 22.5 Å². The number of oxazole rings is 1. The van der Waals surface area contributed by atoms with Crippen LogP contribution in [0.25, 0.3) is 11.1 Å². The summed E-state index contributed by atoms with van der Waals surface area (Å²) in [6.45, 7) is 0.954. The summed E-state index contributed by atoms with van der Waals surface area (Å²) in [5.74, 6) is -5.19. The van der Waals surface area contributed by atoms with Gasteiger partial charge in [0.1, 0.15) is 23.8 Å². The van der Waals surface area contributed by atoms with E-state index >= 15 is 8.78 Å². The molecule has 2 aliphatic rings. The van der Waals surface area contributed by atoms with Gasteiger partial charge >= 0.3 is 0 Å². The van der Waals surface area contributed by atoms with Crippen LogP contribution in [0.4, 0.5) is 27.6 Å². The van der Waals surface area contributed by atoms with E-state index in [-0.39, 0.29) is 17.3 Å². The number of anilines is 1. The van der Waals surface area contributed by atoms with Gasteiger partial charge in [0.05, 0.1) is 25.3 Å². The molecule has 3 heterocycles. The van der Waals surface area contributed by atoms with Crippen LogP contribution in [-0.4, -0.2) is 77.4 Å². The van der Waals surface area contributed by atoms with Crippen LogP contribution in [0, 0.1) is 11.6 Å². The van der Waals surface area contributed by atoms with Gasteiger partial charge in [-0.3, -0.25) is 14.2 Å². The second-order valence-corrected chi connectivity index (χ2v) is 9.97. The molecule has 0 radical (unpaired) electrons. The molecule has 0 bridgehead atoms. The zero-order valence-corrected chi connectivity index (χ0v) is 20.4. The Morgan fingerprint density at radius 3 is 2.59 bits per heavy atom. The SMILES string of the molecule is C[C@@H]1Cc2c(ccc3ncoc23)[C@@H](c2c(F)cc(NC3CN(CCCF)C3)cc2F)N1CC(F)(F)CO. The van der Waals surface area contributed by atoms with E-state index in [1.54, 1.807) is 19.1 Å². The summed E-state index contributed by atoms with van der Waals surface area (Å²) in [4.78, 5) is 7.52. The Morgan fingerprint density at radius 1 is 1.19 bits per heavy atom. The minimum Gasteiger partial charge on any atom is -0.443 e. The topological polar surface area (TPSA) is 64.8 Å². The third kappa shape index (κ3) is 5.04. The molecule has 0 amide bonds. The number of nitrogens with zero attached hydrogens (tertiary/aromatic N) is 3. The first kappa shape index (κ1) is 25.9. The predicted octanol–water partition coefficient (Wildman–Crippen LogP) is 4.53. The van der Waals surface area contributed by atoms with Crippen molar-refractivity contribution in [2.75, 3.05) is 44.8 Å². The van der Waals surface area contributed by atoms with Crippen LogP contribution in [0.3, 0.4) is 0 Å². The van der Waals surface area contributed by atoms with Crippen molar-refractivity contribution in [3.05, 3.63) is 59.0 Å². The van der Waals surface area contributed by atoms with Gasteiger partial charge in [0.25, 0.3) is 5.92 Å². The van der Waals surface area contributed by atoms with Crippen molar-refractivity contribution in [2.45, 2.75) is 43.8 Å². The molecule has 1 saturated heterocycles. The number of hydrogen-bond acceptors (Lipinski definition) is 6. The highest BCUT2D eigenvalue weighted by Gasteiger charge is 2.43. The van der Waals surface area contributed by atoms with Crippen LogP contribution in [0.5, 0.6) is 0 Å². The average molecular weight is 525 g/mol. The van der Waals surface area contributed by atoms with E-state index < -0.39 is 49.5 Å². The van der Waals surface area contributed by atoms with Crippen molar-refractivity contribution >= 4 is 16.8 Å². The zero-order valence-electron chi connectivity index (χ0n) is 20.4. The van der Waals surface area contributed by atoms with Gasteiger partial charge in [0.2, 0.25) is 0 Å². The van der Waals surface area contributed by atoms with Crippen molar-refractivity contribution in [3.63, 3.8) is 0 Å². The van der Waals surface area contributed by atoms with E-state index in [1.807, 2.05) is 4.90 Å². The number of benzene rings is 2. The first-order valence-corrected chi connectivity index (χ1v) is 12.3. The average Bonchev–Trinajstić information content (AvgIpc) is 3.31. The lowest BCUT2D eigenvalue weighted by molar-refractivity contribution is -0.0866. The Balaban J connectivity index is 1.50. The van der Waals surface area contributed by atoms with Gasteiger partial charge in [-0.05, 0) is 43.5 Å². The highest BCUT2D eigenvalue weighted by atomic mass is 19.3. The van der Waals surface area contributed by atoms with Gasteiger partial charge in [-0.1, -0.05) is 6.07 Å². The summed E-state index contributed by atoms with van der Waals surface area (Å²) in [5.41, 5.74) is 2.06. The Bertz CT molecular complexity index is 1240. The fourth-order valence-electron chi connectivity index (χ4n) is 5.49. The summed E-state index contributed by atoms with van der Waals surface area (Å²) in [5, 5.41) is 12.3. The fourth-order valence-corrected chi connectivity index (χ4v) is 5.49. The Hall–Kier alpha value is -2.76. The maximum Gasteiger partial charge on any atom is 0.283 e. The minimum absolute atomic E-state index is 0.0285. The summed E-state index contributed by atoms with van der Waals surface area (Å²) in [6, 6.07) is 3.91. The van der Waals surface area contributed by atoms with Gasteiger partial charge in [0, 0.05) is 42.5 Å². The molecule has 5 rings (SSSR count). The highest BCUT2D eigenvalue weighted by molar-refractivity contribution is 5.78. The molecule has 0 spiro atoms. The van der Waals surface area contributed by atoms with E-state index in [1.165, 1.54) is 23.4 Å². The normalized spacial score (nSPS) is 21.3. The van der Waals surface area contributed by atoms with Gasteiger partial charge < -0.3 is 14.8 Å². The molecule has 2 aliphatic heterocycles. The minimum atomic E-state index is -3.47. The zero-order chi connectivity index (χ0) is 26.3. The van der Waals surface area contributed by atoms with Crippen molar-refractivity contribution in [3.8, 4) is 0 Å². The van der Waals surface area contributed by atoms with Crippen LogP contribution in [0.2, 0.25) is 0 Å². The third-order valence-corrected chi connectivity index (χ3v) is 7.26. The second-order valence-electron chi connectivity index (χ2n) is 9.97. The lowest BCUT2D eigenvalue weighted by atomic mass is 9.83. The summed E-state index contributed by atoms with van der Waals surface area (Å²) in [7, 11) is 0. The number of aliphatic hydroxyl groups is 1. The molecule has 0 saturated carbocycles. The maximum atomic E-state index is 15.6. The number of alkyl halides is 3. The molecule has 1 fully saturated rings. The maximum absolute atomic E-state index is 15.6. The van der Waals surface area contributed by atoms with Crippen LogP contribution in [-0.2, 0) is 6.42 Å². The molecular formula is C26H29F5N4O2. The molecule has 37 heavy (non-hydrogen) atoms. The summed E-state index contributed by atoms with van der Waals surface area (Å²) >= 11 is 0. The number of aliphatic hydroxyl groups excluding tert-OH is 1. The number of hydrogen-bond donors (Lipinski definition) is 2. The van der Waals surface area contributed by atoms with Crippen LogP contribution in [0.15, 0.2) is 35.1 Å². The van der Waals surface area contributed by atoms with E-state index in [4.69, 9.17) is 4.42 Å². The van der Waals surface area contributed by atoms with Crippen LogP contribution < -0.4 is 5.32 Å². The van der Waals surface area contributed by atoms with Crippen molar-refractivity contribution in [1.82, 2.24) is 14.8 Å². The lowest BCUT2D eigenvalue weighted by Gasteiger charge is -2.43. The number of likely N-dealkylation sites (tertiary alicyclic amines) is 1.